The monoisotopic (exact) mass is 258 g/mol. The summed E-state index contributed by atoms with van der Waals surface area (Å²) >= 11 is 0. The zero-order chi connectivity index (χ0) is 13.8. The molecule has 0 fully saturated rings. The standard InChI is InChI=1S/C13H14N4O2/c1-8-9(3-2-4-10(8)14)7-15-13(19)11-5-6-12(18)17-16-11/h2-6H,7,14H2,1H3,(H,15,19)(H,17,18). The molecule has 1 aromatic heterocycles. The summed E-state index contributed by atoms with van der Waals surface area (Å²) < 4.78 is 0. The molecule has 0 unspecified atom stereocenters. The molecule has 0 bridgehead atoms. The Balaban J connectivity index is 2.06. The Kier molecular flexibility index (Phi) is 3.61. The van der Waals surface area contributed by atoms with Gasteiger partial charge in [0.25, 0.3) is 11.5 Å². The second-order valence-corrected chi connectivity index (χ2v) is 4.12. The van der Waals surface area contributed by atoms with Crippen LogP contribution in [0.15, 0.2) is 35.1 Å². The van der Waals surface area contributed by atoms with Crippen molar-refractivity contribution in [3.63, 3.8) is 0 Å². The Labute approximate surface area is 109 Å². The van der Waals surface area contributed by atoms with Gasteiger partial charge in [0, 0.05) is 18.3 Å². The third-order valence-electron chi connectivity index (χ3n) is 2.84. The largest absolute Gasteiger partial charge is 0.399 e. The minimum absolute atomic E-state index is 0.168. The Hall–Kier alpha value is -2.63. The van der Waals surface area contributed by atoms with Gasteiger partial charge in [0.15, 0.2) is 0 Å². The van der Waals surface area contributed by atoms with Crippen LogP contribution in [0.5, 0.6) is 0 Å². The summed E-state index contributed by atoms with van der Waals surface area (Å²) in [6, 6.07) is 8.17. The lowest BCUT2D eigenvalue weighted by Crippen LogP contribution is -2.25. The van der Waals surface area contributed by atoms with E-state index >= 15 is 0 Å². The van der Waals surface area contributed by atoms with Gasteiger partial charge < -0.3 is 11.1 Å². The molecule has 2 rings (SSSR count). The van der Waals surface area contributed by atoms with Gasteiger partial charge in [-0.25, -0.2) is 5.10 Å². The molecule has 1 amide bonds. The molecule has 0 aliphatic heterocycles. The van der Waals surface area contributed by atoms with E-state index < -0.39 is 0 Å². The number of carbonyl (C=O) groups excluding carboxylic acids is 1. The van der Waals surface area contributed by atoms with Crippen LogP contribution in [0.1, 0.15) is 21.6 Å². The van der Waals surface area contributed by atoms with Crippen molar-refractivity contribution >= 4 is 11.6 Å². The maximum absolute atomic E-state index is 11.8. The first kappa shape index (κ1) is 12.8. The average molecular weight is 258 g/mol. The van der Waals surface area contributed by atoms with Gasteiger partial charge in [-0.3, -0.25) is 9.59 Å². The second-order valence-electron chi connectivity index (χ2n) is 4.12. The van der Waals surface area contributed by atoms with Gasteiger partial charge >= 0.3 is 0 Å². The first-order chi connectivity index (χ1) is 9.08. The number of carbonyl (C=O) groups is 1. The molecule has 1 heterocycles. The molecule has 1 aromatic carbocycles. The summed E-state index contributed by atoms with van der Waals surface area (Å²) in [5, 5.41) is 8.59. The number of anilines is 1. The Morgan fingerprint density at radius 3 is 2.84 bits per heavy atom. The topological polar surface area (TPSA) is 101 Å². The van der Waals surface area contributed by atoms with Crippen molar-refractivity contribution in [2.45, 2.75) is 13.5 Å². The van der Waals surface area contributed by atoms with Crippen molar-refractivity contribution < 1.29 is 4.79 Å². The molecule has 0 aliphatic rings. The van der Waals surface area contributed by atoms with Crippen molar-refractivity contribution in [1.29, 1.82) is 0 Å². The number of nitrogens with zero attached hydrogens (tertiary/aromatic N) is 1. The van der Waals surface area contributed by atoms with Gasteiger partial charge in [0.1, 0.15) is 5.69 Å². The lowest BCUT2D eigenvalue weighted by Gasteiger charge is -2.09. The molecule has 19 heavy (non-hydrogen) atoms. The fourth-order valence-electron chi connectivity index (χ4n) is 1.63. The molecule has 4 N–H and O–H groups in total. The van der Waals surface area contributed by atoms with Crippen LogP contribution in [0.2, 0.25) is 0 Å². The van der Waals surface area contributed by atoms with Crippen molar-refractivity contribution in [3.8, 4) is 0 Å². The van der Waals surface area contributed by atoms with E-state index in [0.29, 0.717) is 12.2 Å². The lowest BCUT2D eigenvalue weighted by molar-refractivity contribution is 0.0944. The molecule has 6 heteroatoms. The molecule has 0 radical (unpaired) electrons. The van der Waals surface area contributed by atoms with Crippen molar-refractivity contribution in [2.24, 2.45) is 0 Å². The summed E-state index contributed by atoms with van der Waals surface area (Å²) in [6.07, 6.45) is 0. The maximum atomic E-state index is 11.8. The van der Waals surface area contributed by atoms with Crippen molar-refractivity contribution in [1.82, 2.24) is 15.5 Å². The highest BCUT2D eigenvalue weighted by Crippen LogP contribution is 2.15. The summed E-state index contributed by atoms with van der Waals surface area (Å²) in [6.45, 7) is 2.26. The van der Waals surface area contributed by atoms with Crippen LogP contribution < -0.4 is 16.6 Å². The minimum Gasteiger partial charge on any atom is -0.399 e. The third-order valence-corrected chi connectivity index (χ3v) is 2.84. The number of aromatic nitrogens is 2. The van der Waals surface area contributed by atoms with E-state index in [1.165, 1.54) is 12.1 Å². The van der Waals surface area contributed by atoms with Crippen LogP contribution in [-0.4, -0.2) is 16.1 Å². The van der Waals surface area contributed by atoms with Gasteiger partial charge in [-0.1, -0.05) is 12.1 Å². The maximum Gasteiger partial charge on any atom is 0.271 e. The number of nitrogen functional groups attached to an aromatic ring is 1. The summed E-state index contributed by atoms with van der Waals surface area (Å²) in [5.41, 5.74) is 8.19. The second kappa shape index (κ2) is 5.34. The van der Waals surface area contributed by atoms with Gasteiger partial charge in [-0.2, -0.15) is 5.10 Å². The van der Waals surface area contributed by atoms with Crippen LogP contribution in [0, 0.1) is 6.92 Å². The highest BCUT2D eigenvalue weighted by atomic mass is 16.2. The van der Waals surface area contributed by atoms with Crippen LogP contribution >= 0.6 is 0 Å². The highest BCUT2D eigenvalue weighted by Gasteiger charge is 2.08. The summed E-state index contributed by atoms with van der Waals surface area (Å²) in [5.74, 6) is -0.349. The molecule has 2 aromatic rings. The Morgan fingerprint density at radius 1 is 1.37 bits per heavy atom. The van der Waals surface area contributed by atoms with Gasteiger partial charge in [0.2, 0.25) is 0 Å². The van der Waals surface area contributed by atoms with Gasteiger partial charge in [-0.15, -0.1) is 0 Å². The first-order valence-corrected chi connectivity index (χ1v) is 5.76. The molecule has 0 saturated carbocycles. The van der Waals surface area contributed by atoms with Gasteiger partial charge in [-0.05, 0) is 30.2 Å². The van der Waals surface area contributed by atoms with E-state index in [9.17, 15) is 9.59 Å². The van der Waals surface area contributed by atoms with Crippen molar-refractivity contribution in [2.75, 3.05) is 5.73 Å². The van der Waals surface area contributed by atoms with Crippen LogP contribution in [0.25, 0.3) is 0 Å². The average Bonchev–Trinajstić information content (AvgIpc) is 2.41. The molecule has 0 aliphatic carbocycles. The fourth-order valence-corrected chi connectivity index (χ4v) is 1.63. The predicted octanol–water partition coefficient (Wildman–Crippen LogP) is 0.591. The Morgan fingerprint density at radius 2 is 2.16 bits per heavy atom. The SMILES string of the molecule is Cc1c(N)cccc1CNC(=O)c1ccc(=O)[nH]n1. The number of aromatic amines is 1. The Bertz CT molecular complexity index is 643. The molecule has 6 nitrogen and oxygen atoms in total. The number of nitrogens with one attached hydrogen (secondary N) is 2. The molecule has 0 atom stereocenters. The highest BCUT2D eigenvalue weighted by molar-refractivity contribution is 5.91. The smallest absolute Gasteiger partial charge is 0.271 e. The molecule has 98 valence electrons. The predicted molar refractivity (Wildman–Crippen MR) is 71.6 cm³/mol. The number of amides is 1. The van der Waals surface area contributed by atoms with Crippen LogP contribution in [0.3, 0.4) is 0 Å². The zero-order valence-corrected chi connectivity index (χ0v) is 10.4. The lowest BCUT2D eigenvalue weighted by atomic mass is 10.1. The van der Waals surface area contributed by atoms with Gasteiger partial charge in [0.05, 0.1) is 0 Å². The van der Waals surface area contributed by atoms with Crippen LogP contribution in [-0.2, 0) is 6.54 Å². The molecular weight excluding hydrogens is 244 g/mol. The van der Waals surface area contributed by atoms with Crippen molar-refractivity contribution in [3.05, 3.63) is 57.5 Å². The zero-order valence-electron chi connectivity index (χ0n) is 10.4. The van der Waals surface area contributed by atoms with E-state index in [1.807, 2.05) is 25.1 Å². The van der Waals surface area contributed by atoms with E-state index in [2.05, 4.69) is 15.5 Å². The van der Waals surface area contributed by atoms with Crippen LogP contribution in [0.4, 0.5) is 5.69 Å². The van der Waals surface area contributed by atoms with E-state index in [1.54, 1.807) is 0 Å². The van der Waals surface area contributed by atoms with E-state index in [0.717, 1.165) is 11.1 Å². The van der Waals surface area contributed by atoms with E-state index in [4.69, 9.17) is 5.73 Å². The number of nitrogens with two attached hydrogens (primary N) is 1. The van der Waals surface area contributed by atoms with E-state index in [-0.39, 0.29) is 17.2 Å². The quantitative estimate of drug-likeness (QED) is 0.701. The molecule has 0 saturated heterocycles. The summed E-state index contributed by atoms with van der Waals surface area (Å²) in [4.78, 5) is 22.6. The minimum atomic E-state index is -0.349. The number of hydrogen-bond acceptors (Lipinski definition) is 4. The first-order valence-electron chi connectivity index (χ1n) is 5.76. The summed E-state index contributed by atoms with van der Waals surface area (Å²) in [7, 11) is 0. The normalized spacial score (nSPS) is 10.2. The number of rotatable bonds is 3. The number of benzene rings is 1. The molecule has 0 spiro atoms. The number of hydrogen-bond donors (Lipinski definition) is 3. The number of H-pyrrole nitrogens is 1. The fraction of sp³-hybridized carbons (Fsp3) is 0.154. The molecular formula is C13H14N4O2. The third kappa shape index (κ3) is 2.98.